The Kier molecular flexibility index (Phi) is 4.99. The molecule has 0 bridgehead atoms. The standard InChI is InChI=1S/C19H17FN4O/c1-13-4-2-5-14(8-13)10-21-19-22-11-15(12-23-19)18(25)24-17-7-3-6-16(20)9-17/h2-9,11-12H,10H2,1H3,(H,24,25)(H,21,22,23). The largest absolute Gasteiger partial charge is 0.350 e. The summed E-state index contributed by atoms with van der Waals surface area (Å²) in [6, 6.07) is 13.8. The van der Waals surface area contributed by atoms with Gasteiger partial charge in [-0.2, -0.15) is 0 Å². The van der Waals surface area contributed by atoms with Crippen molar-refractivity contribution in [1.82, 2.24) is 9.97 Å². The fraction of sp³-hybridized carbons (Fsp3) is 0.105. The highest BCUT2D eigenvalue weighted by Crippen LogP contribution is 2.11. The highest BCUT2D eigenvalue weighted by Gasteiger charge is 2.08. The molecule has 0 aliphatic carbocycles. The van der Waals surface area contributed by atoms with Gasteiger partial charge in [-0.25, -0.2) is 14.4 Å². The molecule has 1 aromatic heterocycles. The molecule has 126 valence electrons. The predicted octanol–water partition coefficient (Wildman–Crippen LogP) is 3.79. The Morgan fingerprint density at radius 2 is 1.84 bits per heavy atom. The summed E-state index contributed by atoms with van der Waals surface area (Å²) in [7, 11) is 0. The van der Waals surface area contributed by atoms with E-state index < -0.39 is 11.7 Å². The third-order valence-corrected chi connectivity index (χ3v) is 3.53. The first kappa shape index (κ1) is 16.6. The van der Waals surface area contributed by atoms with Gasteiger partial charge in [0.15, 0.2) is 0 Å². The number of nitrogens with one attached hydrogen (secondary N) is 2. The number of carbonyl (C=O) groups excluding carboxylic acids is 1. The second-order valence-electron chi connectivity index (χ2n) is 5.60. The van der Waals surface area contributed by atoms with Crippen molar-refractivity contribution in [2.24, 2.45) is 0 Å². The Balaban J connectivity index is 1.60. The van der Waals surface area contributed by atoms with Crippen LogP contribution in [0.25, 0.3) is 0 Å². The normalized spacial score (nSPS) is 10.3. The number of rotatable bonds is 5. The minimum absolute atomic E-state index is 0.297. The summed E-state index contributed by atoms with van der Waals surface area (Å²) < 4.78 is 13.1. The molecule has 3 rings (SSSR count). The molecule has 25 heavy (non-hydrogen) atoms. The van der Waals surface area contributed by atoms with Gasteiger partial charge in [-0.15, -0.1) is 0 Å². The molecule has 0 atom stereocenters. The highest BCUT2D eigenvalue weighted by atomic mass is 19.1. The van der Waals surface area contributed by atoms with Gasteiger partial charge in [0.05, 0.1) is 5.56 Å². The Bertz CT molecular complexity index is 881. The second-order valence-corrected chi connectivity index (χ2v) is 5.60. The smallest absolute Gasteiger partial charge is 0.258 e. The monoisotopic (exact) mass is 336 g/mol. The maximum Gasteiger partial charge on any atom is 0.258 e. The Hall–Kier alpha value is -3.28. The molecule has 0 aliphatic rings. The first-order valence-electron chi connectivity index (χ1n) is 7.78. The van der Waals surface area contributed by atoms with Gasteiger partial charge in [-0.05, 0) is 30.7 Å². The lowest BCUT2D eigenvalue weighted by atomic mass is 10.1. The molecular formula is C19H17FN4O. The lowest BCUT2D eigenvalue weighted by Crippen LogP contribution is -2.13. The molecule has 1 amide bonds. The molecule has 0 fully saturated rings. The predicted molar refractivity (Wildman–Crippen MR) is 94.9 cm³/mol. The van der Waals surface area contributed by atoms with Crippen molar-refractivity contribution in [2.45, 2.75) is 13.5 Å². The molecular weight excluding hydrogens is 319 g/mol. The van der Waals surface area contributed by atoms with Crippen LogP contribution in [-0.2, 0) is 6.54 Å². The third kappa shape index (κ3) is 4.60. The van der Waals surface area contributed by atoms with Crippen LogP contribution in [0.4, 0.5) is 16.0 Å². The number of aromatic nitrogens is 2. The molecule has 0 radical (unpaired) electrons. The average Bonchev–Trinajstić information content (AvgIpc) is 2.60. The van der Waals surface area contributed by atoms with E-state index in [1.165, 1.54) is 36.2 Å². The molecule has 2 N–H and O–H groups in total. The number of hydrogen-bond acceptors (Lipinski definition) is 4. The maximum absolute atomic E-state index is 13.1. The zero-order valence-electron chi connectivity index (χ0n) is 13.7. The van der Waals surface area contributed by atoms with E-state index in [0.29, 0.717) is 23.7 Å². The van der Waals surface area contributed by atoms with E-state index >= 15 is 0 Å². The van der Waals surface area contributed by atoms with E-state index in [2.05, 4.69) is 26.7 Å². The molecule has 3 aromatic rings. The van der Waals surface area contributed by atoms with E-state index in [4.69, 9.17) is 0 Å². The van der Waals surface area contributed by atoms with Crippen molar-refractivity contribution >= 4 is 17.5 Å². The molecule has 6 heteroatoms. The summed E-state index contributed by atoms with van der Waals surface area (Å²) in [5.74, 6) is -0.371. The van der Waals surface area contributed by atoms with Crippen LogP contribution in [0.3, 0.4) is 0 Å². The third-order valence-electron chi connectivity index (χ3n) is 3.53. The summed E-state index contributed by atoms with van der Waals surface area (Å²) >= 11 is 0. The summed E-state index contributed by atoms with van der Waals surface area (Å²) in [4.78, 5) is 20.4. The van der Waals surface area contributed by atoms with Gasteiger partial charge < -0.3 is 10.6 Å². The SMILES string of the molecule is Cc1cccc(CNc2ncc(C(=O)Nc3cccc(F)c3)cn2)c1. The maximum atomic E-state index is 13.1. The first-order valence-corrected chi connectivity index (χ1v) is 7.78. The van der Waals surface area contributed by atoms with Gasteiger partial charge in [0.1, 0.15) is 5.82 Å². The van der Waals surface area contributed by atoms with Crippen LogP contribution in [-0.4, -0.2) is 15.9 Å². The number of benzene rings is 2. The molecule has 0 saturated carbocycles. The van der Waals surface area contributed by atoms with Crippen molar-refractivity contribution in [2.75, 3.05) is 10.6 Å². The Morgan fingerprint density at radius 3 is 2.56 bits per heavy atom. The zero-order chi connectivity index (χ0) is 17.6. The first-order chi connectivity index (χ1) is 12.1. The minimum Gasteiger partial charge on any atom is -0.350 e. The summed E-state index contributed by atoms with van der Waals surface area (Å²) in [6.07, 6.45) is 2.86. The summed E-state index contributed by atoms with van der Waals surface area (Å²) in [6.45, 7) is 2.63. The molecule has 0 aliphatic heterocycles. The van der Waals surface area contributed by atoms with Crippen molar-refractivity contribution in [1.29, 1.82) is 0 Å². The van der Waals surface area contributed by atoms with Gasteiger partial charge in [0.25, 0.3) is 5.91 Å². The molecule has 5 nitrogen and oxygen atoms in total. The van der Waals surface area contributed by atoms with Crippen LogP contribution >= 0.6 is 0 Å². The van der Waals surface area contributed by atoms with Crippen LogP contribution in [0.15, 0.2) is 60.9 Å². The molecule has 0 saturated heterocycles. The molecule has 0 spiro atoms. The van der Waals surface area contributed by atoms with Crippen LogP contribution in [0, 0.1) is 12.7 Å². The highest BCUT2D eigenvalue weighted by molar-refractivity contribution is 6.03. The Labute approximate surface area is 145 Å². The van der Waals surface area contributed by atoms with Crippen LogP contribution in [0.1, 0.15) is 21.5 Å². The van der Waals surface area contributed by atoms with Crippen LogP contribution < -0.4 is 10.6 Å². The Morgan fingerprint density at radius 1 is 1.08 bits per heavy atom. The quantitative estimate of drug-likeness (QED) is 0.744. The number of amides is 1. The van der Waals surface area contributed by atoms with E-state index in [9.17, 15) is 9.18 Å². The van der Waals surface area contributed by atoms with Gasteiger partial charge in [-0.3, -0.25) is 4.79 Å². The van der Waals surface area contributed by atoms with Gasteiger partial charge in [0, 0.05) is 24.6 Å². The van der Waals surface area contributed by atoms with E-state index in [0.717, 1.165) is 5.56 Å². The summed E-state index contributed by atoms with van der Waals surface area (Å²) in [5.41, 5.74) is 2.98. The van der Waals surface area contributed by atoms with Gasteiger partial charge in [-0.1, -0.05) is 35.9 Å². The van der Waals surface area contributed by atoms with E-state index in [1.54, 1.807) is 6.07 Å². The second kappa shape index (κ2) is 7.53. The van der Waals surface area contributed by atoms with Crippen LogP contribution in [0.2, 0.25) is 0 Å². The summed E-state index contributed by atoms with van der Waals surface area (Å²) in [5, 5.41) is 5.71. The van der Waals surface area contributed by atoms with E-state index in [1.807, 2.05) is 25.1 Å². The number of hydrogen-bond donors (Lipinski definition) is 2. The molecule has 2 aromatic carbocycles. The van der Waals surface area contributed by atoms with Crippen molar-refractivity contribution in [3.63, 3.8) is 0 Å². The zero-order valence-corrected chi connectivity index (χ0v) is 13.7. The number of nitrogens with zero attached hydrogens (tertiary/aromatic N) is 2. The fourth-order valence-corrected chi connectivity index (χ4v) is 2.31. The topological polar surface area (TPSA) is 66.9 Å². The fourth-order valence-electron chi connectivity index (χ4n) is 2.31. The van der Waals surface area contributed by atoms with Crippen molar-refractivity contribution < 1.29 is 9.18 Å². The number of anilines is 2. The lowest BCUT2D eigenvalue weighted by molar-refractivity contribution is 0.102. The number of carbonyl (C=O) groups is 1. The number of halogens is 1. The molecule has 1 heterocycles. The van der Waals surface area contributed by atoms with E-state index in [-0.39, 0.29) is 0 Å². The number of aryl methyl sites for hydroxylation is 1. The van der Waals surface area contributed by atoms with Crippen molar-refractivity contribution in [3.8, 4) is 0 Å². The lowest BCUT2D eigenvalue weighted by Gasteiger charge is -2.07. The average molecular weight is 336 g/mol. The minimum atomic E-state index is -0.412. The van der Waals surface area contributed by atoms with Crippen molar-refractivity contribution in [3.05, 3.63) is 83.4 Å². The van der Waals surface area contributed by atoms with Gasteiger partial charge >= 0.3 is 0 Å². The van der Waals surface area contributed by atoms with Crippen LogP contribution in [0.5, 0.6) is 0 Å². The molecule has 0 unspecified atom stereocenters. The van der Waals surface area contributed by atoms with Gasteiger partial charge in [0.2, 0.25) is 5.95 Å².